The third-order valence-electron chi connectivity index (χ3n) is 6.55. The topological polar surface area (TPSA) is 124 Å². The van der Waals surface area contributed by atoms with Crippen LogP contribution in [-0.2, 0) is 27.5 Å². The van der Waals surface area contributed by atoms with Gasteiger partial charge >= 0.3 is 7.82 Å². The Bertz CT molecular complexity index is 683. The summed E-state index contributed by atoms with van der Waals surface area (Å²) in [4.78, 5) is 30.4. The molecule has 1 heterocycles. The van der Waals surface area contributed by atoms with Gasteiger partial charge in [0, 0.05) is 6.92 Å². The van der Waals surface area contributed by atoms with Crippen LogP contribution >= 0.6 is 7.82 Å². The van der Waals surface area contributed by atoms with Crippen LogP contribution in [0.4, 0.5) is 0 Å². The van der Waals surface area contributed by atoms with Gasteiger partial charge in [-0.05, 0) is 36.3 Å². The van der Waals surface area contributed by atoms with Crippen molar-refractivity contribution in [1.82, 2.24) is 5.32 Å². The summed E-state index contributed by atoms with van der Waals surface area (Å²) in [5.74, 6) is -0.266. The zero-order valence-electron chi connectivity index (χ0n) is 20.8. The van der Waals surface area contributed by atoms with Crippen molar-refractivity contribution in [3.05, 3.63) is 0 Å². The molecule has 0 spiro atoms. The highest BCUT2D eigenvalue weighted by Gasteiger charge is 2.53. The predicted molar refractivity (Wildman–Crippen MR) is 125 cm³/mol. The molecule has 0 saturated carbocycles. The largest absolute Gasteiger partial charge is 0.469 e. The SMILES string of the molecule is CC(=O)N[C@H]1[C@@H](O[Si](C)(C)C(C)(C)C)O[C@H](COP(=O)(O)O)[C@H]1O[Si](C)(C)C(C)(C)C. The molecule has 1 rings (SSSR count). The molecule has 0 aliphatic carbocycles. The van der Waals surface area contributed by atoms with Crippen molar-refractivity contribution in [2.24, 2.45) is 0 Å². The minimum atomic E-state index is -4.71. The van der Waals surface area contributed by atoms with Gasteiger partial charge in [0.05, 0.1) is 12.7 Å². The van der Waals surface area contributed by atoms with E-state index in [2.05, 4.69) is 73.0 Å². The van der Waals surface area contributed by atoms with E-state index in [-0.39, 0.29) is 22.6 Å². The predicted octanol–water partition coefficient (Wildman–Crippen LogP) is 3.74. The Kier molecular flexibility index (Phi) is 8.99. The molecular weight excluding hydrogens is 457 g/mol. The maximum atomic E-state index is 12.0. The summed E-state index contributed by atoms with van der Waals surface area (Å²) in [5, 5.41) is 2.67. The van der Waals surface area contributed by atoms with Crippen LogP contribution in [0.1, 0.15) is 48.5 Å². The third kappa shape index (κ3) is 8.01. The van der Waals surface area contributed by atoms with Crippen molar-refractivity contribution in [3.8, 4) is 0 Å². The van der Waals surface area contributed by atoms with E-state index >= 15 is 0 Å². The summed E-state index contributed by atoms with van der Waals surface area (Å²) in [7, 11) is -9.33. The second-order valence-electron chi connectivity index (χ2n) is 11.3. The Morgan fingerprint density at radius 1 is 1.00 bits per heavy atom. The molecule has 12 heteroatoms. The molecule has 1 amide bonds. The van der Waals surface area contributed by atoms with Crippen LogP contribution in [0.25, 0.3) is 0 Å². The number of phosphoric acid groups is 1. The molecule has 0 aromatic rings. The fraction of sp³-hybridized carbons (Fsp3) is 0.947. The zero-order chi connectivity index (χ0) is 24.6. The summed E-state index contributed by atoms with van der Waals surface area (Å²) in [6, 6.07) is -0.633. The van der Waals surface area contributed by atoms with E-state index in [0.717, 1.165) is 0 Å². The molecule has 3 N–H and O–H groups in total. The van der Waals surface area contributed by atoms with Gasteiger partial charge in [0.1, 0.15) is 12.1 Å². The normalized spacial score (nSPS) is 26.2. The minimum absolute atomic E-state index is 0.104. The van der Waals surface area contributed by atoms with Crippen molar-refractivity contribution in [1.29, 1.82) is 0 Å². The molecular formula is C19H42NO8PSi2. The van der Waals surface area contributed by atoms with Gasteiger partial charge in [-0.15, -0.1) is 0 Å². The van der Waals surface area contributed by atoms with Crippen LogP contribution in [0.2, 0.25) is 36.3 Å². The number of hydrogen-bond donors (Lipinski definition) is 3. The number of hydrogen-bond acceptors (Lipinski definition) is 6. The van der Waals surface area contributed by atoms with Gasteiger partial charge in [0.2, 0.25) is 5.91 Å². The lowest BCUT2D eigenvalue weighted by Gasteiger charge is -2.41. The third-order valence-corrected chi connectivity index (χ3v) is 15.9. The molecule has 0 bridgehead atoms. The van der Waals surface area contributed by atoms with Gasteiger partial charge in [0.15, 0.2) is 22.9 Å². The Morgan fingerprint density at radius 3 is 1.84 bits per heavy atom. The first-order valence-corrected chi connectivity index (χ1v) is 17.9. The van der Waals surface area contributed by atoms with Crippen molar-refractivity contribution in [2.45, 2.75) is 109 Å². The smallest absolute Gasteiger partial charge is 0.409 e. The summed E-state index contributed by atoms with van der Waals surface area (Å²) in [5.41, 5.74) is 0. The van der Waals surface area contributed by atoms with E-state index in [1.54, 1.807) is 0 Å². The molecule has 1 saturated heterocycles. The van der Waals surface area contributed by atoms with Gasteiger partial charge in [-0.3, -0.25) is 9.32 Å². The van der Waals surface area contributed by atoms with Gasteiger partial charge in [-0.25, -0.2) is 4.57 Å². The number of carbonyl (C=O) groups excluding carboxylic acids is 1. The number of amides is 1. The van der Waals surface area contributed by atoms with Crippen LogP contribution < -0.4 is 5.32 Å². The van der Waals surface area contributed by atoms with Gasteiger partial charge in [0.25, 0.3) is 0 Å². The number of phosphoric ester groups is 1. The van der Waals surface area contributed by atoms with Crippen molar-refractivity contribution in [2.75, 3.05) is 6.61 Å². The summed E-state index contributed by atoms with van der Waals surface area (Å²) >= 11 is 0. The second kappa shape index (κ2) is 9.64. The van der Waals surface area contributed by atoms with Crippen molar-refractivity contribution < 1.29 is 37.3 Å². The Labute approximate surface area is 189 Å². The molecule has 4 atom stereocenters. The number of nitrogens with one attached hydrogen (secondary N) is 1. The maximum absolute atomic E-state index is 12.0. The average Bonchev–Trinajstić information content (AvgIpc) is 2.78. The van der Waals surface area contributed by atoms with Crippen LogP contribution in [0.3, 0.4) is 0 Å². The molecule has 0 aromatic heterocycles. The van der Waals surface area contributed by atoms with Gasteiger partial charge < -0.3 is 28.7 Å². The van der Waals surface area contributed by atoms with E-state index in [9.17, 15) is 19.1 Å². The van der Waals surface area contributed by atoms with Crippen LogP contribution in [0.5, 0.6) is 0 Å². The highest BCUT2D eigenvalue weighted by Crippen LogP contribution is 2.44. The number of rotatable bonds is 8. The van der Waals surface area contributed by atoms with E-state index in [4.69, 9.17) is 18.1 Å². The minimum Gasteiger partial charge on any atom is -0.409 e. The van der Waals surface area contributed by atoms with E-state index in [1.807, 2.05) is 0 Å². The maximum Gasteiger partial charge on any atom is 0.469 e. The molecule has 1 aliphatic heterocycles. The zero-order valence-corrected chi connectivity index (χ0v) is 23.7. The van der Waals surface area contributed by atoms with Crippen molar-refractivity contribution >= 4 is 30.4 Å². The number of ether oxygens (including phenoxy) is 1. The average molecular weight is 500 g/mol. The standard InChI is InChI=1S/C19H42NO8PSi2/c1-13(21)20-15-16(27-30(8,9)18(2,3)4)14(12-25-29(22,23)24)26-17(15)28-31(10,11)19(5,6)7/h14-17H,12H2,1-11H3,(H,20,21)(H2,22,23,24)/t14-,15-,16-,17-/m1/s1. The fourth-order valence-electron chi connectivity index (χ4n) is 2.64. The first-order valence-electron chi connectivity index (χ1n) is 10.6. The molecule has 1 aliphatic rings. The van der Waals surface area contributed by atoms with Crippen molar-refractivity contribution in [3.63, 3.8) is 0 Å². The molecule has 31 heavy (non-hydrogen) atoms. The summed E-state index contributed by atoms with van der Waals surface area (Å²) in [6.07, 6.45) is -2.30. The molecule has 184 valence electrons. The fourth-order valence-corrected chi connectivity index (χ4v) is 5.45. The molecule has 0 unspecified atom stereocenters. The molecule has 0 radical (unpaired) electrons. The highest BCUT2D eigenvalue weighted by atomic mass is 31.2. The Hall–Kier alpha value is -0.106. The van der Waals surface area contributed by atoms with Gasteiger partial charge in [-0.1, -0.05) is 41.5 Å². The molecule has 9 nitrogen and oxygen atoms in total. The first-order chi connectivity index (χ1) is 13.6. The number of carbonyl (C=O) groups is 1. The molecule has 0 aromatic carbocycles. The van der Waals surface area contributed by atoms with Crippen LogP contribution in [0, 0.1) is 0 Å². The lowest BCUT2D eigenvalue weighted by Crippen LogP contribution is -2.56. The summed E-state index contributed by atoms with van der Waals surface area (Å²) in [6.45, 7) is 21.9. The van der Waals surface area contributed by atoms with E-state index in [1.165, 1.54) is 6.92 Å². The first kappa shape index (κ1) is 28.9. The lowest BCUT2D eigenvalue weighted by molar-refractivity contribution is -0.124. The van der Waals surface area contributed by atoms with Crippen LogP contribution in [0.15, 0.2) is 0 Å². The van der Waals surface area contributed by atoms with Gasteiger partial charge in [-0.2, -0.15) is 0 Å². The summed E-state index contributed by atoms with van der Waals surface area (Å²) < 4.78 is 35.2. The molecule has 1 fully saturated rings. The Balaban J connectivity index is 3.33. The van der Waals surface area contributed by atoms with E-state index in [0.29, 0.717) is 0 Å². The van der Waals surface area contributed by atoms with Crippen LogP contribution in [-0.4, -0.2) is 63.5 Å². The van der Waals surface area contributed by atoms with E-state index < -0.39 is 49.0 Å². The quantitative estimate of drug-likeness (QED) is 0.341. The second-order valence-corrected chi connectivity index (χ2v) is 22.0. The lowest BCUT2D eigenvalue weighted by atomic mass is 10.1. The Morgan fingerprint density at radius 2 is 1.45 bits per heavy atom. The highest BCUT2D eigenvalue weighted by molar-refractivity contribution is 7.46. The monoisotopic (exact) mass is 499 g/mol.